The Morgan fingerprint density at radius 2 is 1.93 bits per heavy atom. The zero-order valence-electron chi connectivity index (χ0n) is 15.8. The van der Waals surface area contributed by atoms with E-state index in [1.807, 2.05) is 36.4 Å². The van der Waals surface area contributed by atoms with Crippen molar-refractivity contribution < 1.29 is 8.83 Å². The molecule has 0 radical (unpaired) electrons. The third kappa shape index (κ3) is 2.86. The topological polar surface area (TPSA) is 71.5 Å². The Bertz CT molecular complexity index is 1190. The highest BCUT2D eigenvalue weighted by molar-refractivity contribution is 5.84. The molecule has 6 heteroatoms. The highest BCUT2D eigenvalue weighted by Gasteiger charge is 2.23. The average molecular weight is 375 g/mol. The first-order valence-electron chi connectivity index (χ1n) is 9.52. The number of nitrogens with zero attached hydrogens (tertiary/aromatic N) is 2. The first-order chi connectivity index (χ1) is 13.6. The van der Waals surface area contributed by atoms with Gasteiger partial charge >= 0.3 is 5.63 Å². The predicted molar refractivity (Wildman–Crippen MR) is 110 cm³/mol. The summed E-state index contributed by atoms with van der Waals surface area (Å²) < 4.78 is 11.4. The Labute approximate surface area is 161 Å². The first-order valence-corrected chi connectivity index (χ1v) is 9.52. The molecule has 28 heavy (non-hydrogen) atoms. The molecular formula is C22H21N3O3. The monoisotopic (exact) mass is 375 g/mol. The van der Waals surface area contributed by atoms with Crippen LogP contribution in [0.15, 0.2) is 62.2 Å². The van der Waals surface area contributed by atoms with Crippen LogP contribution < -0.4 is 15.8 Å². The zero-order valence-corrected chi connectivity index (χ0v) is 15.8. The normalized spacial score (nSPS) is 20.1. The zero-order chi connectivity index (χ0) is 19.3. The van der Waals surface area contributed by atoms with Crippen LogP contribution in [-0.2, 0) is 0 Å². The fourth-order valence-electron chi connectivity index (χ4n) is 3.80. The lowest BCUT2D eigenvalue weighted by atomic mass is 10.1. The van der Waals surface area contributed by atoms with Crippen LogP contribution in [0.25, 0.3) is 33.5 Å². The molecule has 0 bridgehead atoms. The molecule has 1 fully saturated rings. The summed E-state index contributed by atoms with van der Waals surface area (Å²) in [7, 11) is 0. The van der Waals surface area contributed by atoms with Gasteiger partial charge in [-0.1, -0.05) is 12.1 Å². The van der Waals surface area contributed by atoms with Crippen LogP contribution >= 0.6 is 0 Å². The third-order valence-corrected chi connectivity index (χ3v) is 5.34. The second kappa shape index (κ2) is 6.49. The number of oxazole rings is 1. The molecule has 2 aromatic carbocycles. The molecule has 1 aliphatic rings. The summed E-state index contributed by atoms with van der Waals surface area (Å²) in [5.74, 6) is 0.283. The average Bonchev–Trinajstić information content (AvgIpc) is 3.13. The summed E-state index contributed by atoms with van der Waals surface area (Å²) in [6.45, 7) is 6.21. The van der Waals surface area contributed by atoms with E-state index in [4.69, 9.17) is 8.83 Å². The standard InChI is InChI=1S/C22H21N3O3/c1-13-12-25(14(2)11-23-13)16-8-7-15-9-17(22(26)28-20(15)10-16)21-24-18-5-3-4-6-19(18)27-21/h3-10,13-14,23H,11-12H2,1-2H3. The molecule has 1 aliphatic heterocycles. The van der Waals surface area contributed by atoms with Gasteiger partial charge in [0.2, 0.25) is 5.89 Å². The molecule has 1 saturated heterocycles. The molecule has 0 amide bonds. The van der Waals surface area contributed by atoms with Gasteiger partial charge in [-0.3, -0.25) is 0 Å². The second-order valence-corrected chi connectivity index (χ2v) is 7.47. The number of benzene rings is 2. The smallest absolute Gasteiger partial charge is 0.349 e. The van der Waals surface area contributed by atoms with Gasteiger partial charge in [-0.05, 0) is 44.2 Å². The largest absolute Gasteiger partial charge is 0.436 e. The summed E-state index contributed by atoms with van der Waals surface area (Å²) in [5.41, 5.74) is 2.88. The number of nitrogens with one attached hydrogen (secondary N) is 1. The maximum absolute atomic E-state index is 12.6. The van der Waals surface area contributed by atoms with E-state index in [9.17, 15) is 4.79 Å². The molecule has 1 N–H and O–H groups in total. The quantitative estimate of drug-likeness (QED) is 0.538. The summed E-state index contributed by atoms with van der Waals surface area (Å²) in [6.07, 6.45) is 0. The number of para-hydroxylation sites is 2. The van der Waals surface area contributed by atoms with E-state index in [0.717, 1.165) is 24.2 Å². The fraction of sp³-hybridized carbons (Fsp3) is 0.273. The fourth-order valence-corrected chi connectivity index (χ4v) is 3.80. The molecule has 2 aromatic heterocycles. The van der Waals surface area contributed by atoms with Gasteiger partial charge in [0, 0.05) is 42.3 Å². The molecule has 0 aliphatic carbocycles. The predicted octanol–water partition coefficient (Wildman–Crippen LogP) is 3.79. The van der Waals surface area contributed by atoms with Crippen molar-refractivity contribution in [1.82, 2.24) is 10.3 Å². The van der Waals surface area contributed by atoms with Crippen LogP contribution in [-0.4, -0.2) is 30.2 Å². The van der Waals surface area contributed by atoms with E-state index in [1.54, 1.807) is 6.07 Å². The maximum atomic E-state index is 12.6. The summed E-state index contributed by atoms with van der Waals surface area (Å²) in [4.78, 5) is 19.4. The number of hydrogen-bond acceptors (Lipinski definition) is 6. The van der Waals surface area contributed by atoms with Crippen LogP contribution in [0, 0.1) is 0 Å². The summed E-state index contributed by atoms with van der Waals surface area (Å²) >= 11 is 0. The van der Waals surface area contributed by atoms with Crippen molar-refractivity contribution in [1.29, 1.82) is 0 Å². The lowest BCUT2D eigenvalue weighted by molar-refractivity contribution is 0.425. The van der Waals surface area contributed by atoms with Crippen LogP contribution in [0.5, 0.6) is 0 Å². The van der Waals surface area contributed by atoms with E-state index in [-0.39, 0.29) is 5.89 Å². The molecule has 142 valence electrons. The number of rotatable bonds is 2. The number of fused-ring (bicyclic) bond motifs is 2. The van der Waals surface area contributed by atoms with Crippen molar-refractivity contribution in [2.75, 3.05) is 18.0 Å². The number of anilines is 1. The van der Waals surface area contributed by atoms with Crippen molar-refractivity contribution in [3.8, 4) is 11.5 Å². The summed E-state index contributed by atoms with van der Waals surface area (Å²) in [5, 5.41) is 4.33. The Morgan fingerprint density at radius 3 is 2.79 bits per heavy atom. The minimum Gasteiger partial charge on any atom is -0.436 e. The Balaban J connectivity index is 1.57. The minimum absolute atomic E-state index is 0.283. The molecular weight excluding hydrogens is 354 g/mol. The minimum atomic E-state index is -0.446. The number of hydrogen-bond donors (Lipinski definition) is 1. The Kier molecular flexibility index (Phi) is 3.94. The van der Waals surface area contributed by atoms with Gasteiger partial charge in [0.1, 0.15) is 16.7 Å². The molecule has 5 rings (SSSR count). The van der Waals surface area contributed by atoms with Gasteiger partial charge in [0.15, 0.2) is 5.58 Å². The van der Waals surface area contributed by atoms with Gasteiger partial charge in [0.25, 0.3) is 0 Å². The Hall–Kier alpha value is -3.12. The molecule has 0 spiro atoms. The van der Waals surface area contributed by atoms with Crippen molar-refractivity contribution >= 4 is 27.8 Å². The van der Waals surface area contributed by atoms with Gasteiger partial charge in [0.05, 0.1) is 0 Å². The van der Waals surface area contributed by atoms with E-state index >= 15 is 0 Å². The molecule has 2 atom stereocenters. The van der Waals surface area contributed by atoms with Gasteiger partial charge < -0.3 is 19.1 Å². The van der Waals surface area contributed by atoms with Gasteiger partial charge in [-0.2, -0.15) is 0 Å². The lowest BCUT2D eigenvalue weighted by Gasteiger charge is -2.39. The van der Waals surface area contributed by atoms with Crippen LogP contribution in [0.1, 0.15) is 13.8 Å². The van der Waals surface area contributed by atoms with E-state index in [1.165, 1.54) is 0 Å². The second-order valence-electron chi connectivity index (χ2n) is 7.47. The highest BCUT2D eigenvalue weighted by atomic mass is 16.4. The SMILES string of the molecule is CC1CN(c2ccc3cc(-c4nc5ccccc5o4)c(=O)oc3c2)C(C)CN1. The molecule has 0 saturated carbocycles. The van der Waals surface area contributed by atoms with Crippen molar-refractivity contribution in [2.24, 2.45) is 0 Å². The van der Waals surface area contributed by atoms with Crippen LogP contribution in [0.2, 0.25) is 0 Å². The lowest BCUT2D eigenvalue weighted by Crippen LogP contribution is -2.54. The Morgan fingerprint density at radius 1 is 1.07 bits per heavy atom. The molecule has 6 nitrogen and oxygen atoms in total. The molecule has 2 unspecified atom stereocenters. The van der Waals surface area contributed by atoms with Crippen LogP contribution in [0.3, 0.4) is 0 Å². The maximum Gasteiger partial charge on any atom is 0.349 e. The van der Waals surface area contributed by atoms with Gasteiger partial charge in [-0.25, -0.2) is 9.78 Å². The molecule has 4 aromatic rings. The number of aromatic nitrogens is 1. The van der Waals surface area contributed by atoms with E-state index < -0.39 is 5.63 Å². The number of piperazine rings is 1. The summed E-state index contributed by atoms with van der Waals surface area (Å²) in [6, 6.07) is 16.0. The highest BCUT2D eigenvalue weighted by Crippen LogP contribution is 2.28. The third-order valence-electron chi connectivity index (χ3n) is 5.34. The van der Waals surface area contributed by atoms with Crippen molar-refractivity contribution in [2.45, 2.75) is 25.9 Å². The first kappa shape index (κ1) is 17.0. The van der Waals surface area contributed by atoms with Crippen LogP contribution in [0.4, 0.5) is 5.69 Å². The van der Waals surface area contributed by atoms with Crippen molar-refractivity contribution in [3.63, 3.8) is 0 Å². The van der Waals surface area contributed by atoms with Gasteiger partial charge in [-0.15, -0.1) is 0 Å². The van der Waals surface area contributed by atoms with E-state index in [0.29, 0.717) is 34.3 Å². The van der Waals surface area contributed by atoms with Crippen molar-refractivity contribution in [3.05, 3.63) is 59.0 Å². The van der Waals surface area contributed by atoms with E-state index in [2.05, 4.69) is 35.1 Å². The molecule has 3 heterocycles.